The van der Waals surface area contributed by atoms with Crippen molar-refractivity contribution >= 4 is 28.6 Å². The highest BCUT2D eigenvalue weighted by Gasteiger charge is 2.34. The van der Waals surface area contributed by atoms with Crippen molar-refractivity contribution in [3.05, 3.63) is 98.8 Å². The summed E-state index contributed by atoms with van der Waals surface area (Å²) in [5.74, 6) is 0.782. The van der Waals surface area contributed by atoms with Crippen molar-refractivity contribution < 1.29 is 14.6 Å². The molecule has 0 unspecified atom stereocenters. The maximum Gasteiger partial charge on any atom is 0.280 e. The summed E-state index contributed by atoms with van der Waals surface area (Å²) in [6, 6.07) is 9.31. The van der Waals surface area contributed by atoms with Crippen LogP contribution in [0.15, 0.2) is 70.9 Å². The normalized spacial score (nSPS) is 17.8. The van der Waals surface area contributed by atoms with E-state index in [0.29, 0.717) is 71.9 Å². The first-order valence-corrected chi connectivity index (χ1v) is 16.5. The first kappa shape index (κ1) is 31.2. The van der Waals surface area contributed by atoms with Gasteiger partial charge in [0.25, 0.3) is 11.1 Å². The van der Waals surface area contributed by atoms with Crippen molar-refractivity contribution in [2.75, 3.05) is 43.1 Å². The molecule has 2 saturated heterocycles. The van der Waals surface area contributed by atoms with Crippen LogP contribution in [0.1, 0.15) is 30.7 Å². The summed E-state index contributed by atoms with van der Waals surface area (Å²) in [6.07, 6.45) is 10.3. The maximum absolute atomic E-state index is 13.8. The van der Waals surface area contributed by atoms with E-state index in [1.54, 1.807) is 54.9 Å². The molecule has 1 aliphatic carbocycles. The number of nitrogens with zero attached hydrogens (tertiary/aromatic N) is 7. The molecule has 5 aromatic heterocycles. The summed E-state index contributed by atoms with van der Waals surface area (Å²) in [5, 5.41) is 13.8. The number of ether oxygens (including phenoxy) is 1. The van der Waals surface area contributed by atoms with Crippen LogP contribution in [0.2, 0.25) is 0 Å². The van der Waals surface area contributed by atoms with Gasteiger partial charge < -0.3 is 29.0 Å². The molecule has 0 aromatic carbocycles. The quantitative estimate of drug-likeness (QED) is 0.269. The van der Waals surface area contributed by atoms with Gasteiger partial charge in [-0.15, -0.1) is 0 Å². The molecule has 0 atom stereocenters. The van der Waals surface area contributed by atoms with E-state index in [1.807, 2.05) is 22.7 Å². The van der Waals surface area contributed by atoms with Gasteiger partial charge in [-0.25, -0.2) is 9.97 Å². The van der Waals surface area contributed by atoms with E-state index in [4.69, 9.17) is 4.74 Å². The number of carbonyl (C=O) groups excluding carboxylic acids is 1. The molecular weight excluding hydrogens is 624 g/mol. The van der Waals surface area contributed by atoms with Crippen LogP contribution in [-0.2, 0) is 36.0 Å². The Labute approximate surface area is 282 Å². The van der Waals surface area contributed by atoms with Gasteiger partial charge in [0.1, 0.15) is 22.8 Å². The predicted octanol–water partition coefficient (Wildman–Crippen LogP) is 2.65. The monoisotopic (exact) mass is 662 g/mol. The molecule has 13 heteroatoms. The molecule has 1 amide bonds. The van der Waals surface area contributed by atoms with Gasteiger partial charge in [-0.3, -0.25) is 23.9 Å². The molecule has 49 heavy (non-hydrogen) atoms. The first-order chi connectivity index (χ1) is 23.6. The third kappa shape index (κ3) is 5.43. The van der Waals surface area contributed by atoms with Crippen LogP contribution in [0.25, 0.3) is 22.5 Å². The minimum atomic E-state index is -0.377. The van der Waals surface area contributed by atoms with E-state index < -0.39 is 0 Å². The number of pyridine rings is 3. The summed E-state index contributed by atoms with van der Waals surface area (Å²) in [5.41, 5.74) is 5.29. The summed E-state index contributed by atoms with van der Waals surface area (Å²) in [7, 11) is 1.65. The number of aromatic nitrogens is 5. The number of amides is 1. The minimum absolute atomic E-state index is 0.0158. The average molecular weight is 663 g/mol. The Morgan fingerprint density at radius 2 is 1.86 bits per heavy atom. The Morgan fingerprint density at radius 1 is 1.02 bits per heavy atom. The van der Waals surface area contributed by atoms with Gasteiger partial charge in [0.15, 0.2) is 0 Å². The molecule has 0 saturated carbocycles. The molecule has 5 aromatic rings. The lowest BCUT2D eigenvalue weighted by Gasteiger charge is -2.41. The number of aliphatic hydroxyl groups is 1. The molecule has 13 nitrogen and oxygen atoms in total. The maximum atomic E-state index is 13.8. The van der Waals surface area contributed by atoms with Crippen molar-refractivity contribution in [2.24, 2.45) is 12.5 Å². The van der Waals surface area contributed by atoms with Crippen molar-refractivity contribution in [1.29, 1.82) is 0 Å². The molecule has 0 bridgehead atoms. The molecule has 2 fully saturated rings. The third-order valence-corrected chi connectivity index (χ3v) is 9.97. The molecule has 3 aliphatic rings. The number of hydrogen-bond donors (Lipinski definition) is 2. The van der Waals surface area contributed by atoms with Crippen LogP contribution in [0.5, 0.6) is 0 Å². The number of piperazine rings is 1. The van der Waals surface area contributed by atoms with Crippen molar-refractivity contribution in [2.45, 2.75) is 39.3 Å². The predicted molar refractivity (Wildman–Crippen MR) is 185 cm³/mol. The zero-order chi connectivity index (χ0) is 34.0. The fourth-order valence-electron chi connectivity index (χ4n) is 7.36. The molecule has 7 heterocycles. The first-order valence-electron chi connectivity index (χ1n) is 16.5. The summed E-state index contributed by atoms with van der Waals surface area (Å²) < 4.78 is 10.2. The number of nitrogens with one attached hydrogen (secondary N) is 1. The second-order valence-electron chi connectivity index (χ2n) is 14.0. The number of carbonyl (C=O) groups is 1. The zero-order valence-electron chi connectivity index (χ0n) is 27.7. The Hall–Kier alpha value is -5.11. The largest absolute Gasteiger partial charge is 0.392 e. The topological polar surface area (TPSA) is 139 Å². The van der Waals surface area contributed by atoms with E-state index in [1.165, 1.54) is 14.7 Å². The molecular formula is C36H38N8O5. The van der Waals surface area contributed by atoms with Crippen LogP contribution < -0.4 is 21.3 Å². The van der Waals surface area contributed by atoms with Crippen LogP contribution in [0, 0.1) is 5.41 Å². The summed E-state index contributed by atoms with van der Waals surface area (Å²) in [4.78, 5) is 52.8. The van der Waals surface area contributed by atoms with Crippen molar-refractivity contribution in [1.82, 2.24) is 28.4 Å². The van der Waals surface area contributed by atoms with Gasteiger partial charge in [-0.1, -0.05) is 13.8 Å². The summed E-state index contributed by atoms with van der Waals surface area (Å²) >= 11 is 0. The zero-order valence-corrected chi connectivity index (χ0v) is 27.7. The van der Waals surface area contributed by atoms with Crippen molar-refractivity contribution in [3.8, 4) is 16.9 Å². The van der Waals surface area contributed by atoms with Crippen LogP contribution in [-0.4, -0.2) is 78.3 Å². The standard InChI is InChI=1S/C36H38N8O5/c1-36(2)14-22-13-29-35(48)44(11-10-43(29)30(22)15-36)33-27(19-45)26(6-7-37-33)23-12-28(34(47)40(3)17-23)39-31-5-4-24(16-38-31)42-9-8-41(18-32(42)46)25-20-49-21-25/h4-7,10-13,16-17,25,45H,8-9,14-15,18-21H2,1-3H3,(H,38,39). The number of anilines is 3. The van der Waals surface area contributed by atoms with Gasteiger partial charge in [-0.05, 0) is 59.7 Å². The Morgan fingerprint density at radius 3 is 2.57 bits per heavy atom. The lowest BCUT2D eigenvalue weighted by atomic mass is 9.90. The fraction of sp³-hybridized carbons (Fsp3) is 0.361. The van der Waals surface area contributed by atoms with E-state index in [0.717, 1.165) is 25.1 Å². The van der Waals surface area contributed by atoms with Gasteiger partial charge in [-0.2, -0.15) is 0 Å². The molecule has 252 valence electrons. The fourth-order valence-corrected chi connectivity index (χ4v) is 7.36. The van der Waals surface area contributed by atoms with E-state index in [9.17, 15) is 19.5 Å². The minimum Gasteiger partial charge on any atom is -0.392 e. The number of fused-ring (bicyclic) bond motifs is 3. The molecule has 2 aliphatic heterocycles. The average Bonchev–Trinajstić information content (AvgIpc) is 3.55. The lowest BCUT2D eigenvalue weighted by Crippen LogP contribution is -2.58. The Balaban J connectivity index is 1.08. The van der Waals surface area contributed by atoms with Crippen LogP contribution >= 0.6 is 0 Å². The third-order valence-electron chi connectivity index (χ3n) is 9.97. The highest BCUT2D eigenvalue weighted by molar-refractivity contribution is 5.95. The molecule has 0 radical (unpaired) electrons. The van der Waals surface area contributed by atoms with Crippen LogP contribution in [0.4, 0.5) is 17.2 Å². The highest BCUT2D eigenvalue weighted by Crippen LogP contribution is 2.37. The molecule has 0 spiro atoms. The SMILES string of the molecule is Cn1cc(-c2ccnc(-n3ccn4c5c(cc4c3=O)CC(C)(C)C5)c2CO)cc(Nc2ccc(N3CCN(C4COC4)CC3=O)cn2)c1=O. The van der Waals surface area contributed by atoms with E-state index >= 15 is 0 Å². The van der Waals surface area contributed by atoms with Gasteiger partial charge in [0, 0.05) is 61.7 Å². The molecule has 8 rings (SSSR count). The van der Waals surface area contributed by atoms with Gasteiger partial charge >= 0.3 is 0 Å². The number of aryl methyl sites for hydroxylation is 1. The van der Waals surface area contributed by atoms with Gasteiger partial charge in [0.05, 0.1) is 44.3 Å². The smallest absolute Gasteiger partial charge is 0.280 e. The Bertz CT molecular complexity index is 2230. The number of rotatable bonds is 7. The summed E-state index contributed by atoms with van der Waals surface area (Å²) in [6.45, 7) is 7.11. The highest BCUT2D eigenvalue weighted by atomic mass is 16.5. The van der Waals surface area contributed by atoms with E-state index in [-0.39, 0.29) is 34.7 Å². The van der Waals surface area contributed by atoms with Gasteiger partial charge in [0.2, 0.25) is 5.91 Å². The lowest BCUT2D eigenvalue weighted by molar-refractivity contribution is -0.127. The number of hydrogen-bond acceptors (Lipinski definition) is 9. The van der Waals surface area contributed by atoms with E-state index in [2.05, 4.69) is 34.0 Å². The second kappa shape index (κ2) is 11.8. The van der Waals surface area contributed by atoms with Crippen LogP contribution in [0.3, 0.4) is 0 Å². The van der Waals surface area contributed by atoms with Crippen molar-refractivity contribution in [3.63, 3.8) is 0 Å². The Kier molecular flexibility index (Phi) is 7.50. The molecule has 2 N–H and O–H groups in total. The second-order valence-corrected chi connectivity index (χ2v) is 14.0. The number of aliphatic hydroxyl groups excluding tert-OH is 1.